The average Bonchev–Trinajstić information content (AvgIpc) is 3.04. The maximum atomic E-state index is 13.1. The van der Waals surface area contributed by atoms with Crippen LogP contribution in [0, 0.1) is 0 Å². The van der Waals surface area contributed by atoms with Crippen LogP contribution >= 0.6 is 0 Å². The van der Waals surface area contributed by atoms with Gasteiger partial charge in [-0.3, -0.25) is 0 Å². The van der Waals surface area contributed by atoms with Crippen LogP contribution in [0.1, 0.15) is 31.0 Å². The minimum atomic E-state index is -2.56. The number of alkyl halides is 2. The van der Waals surface area contributed by atoms with Crippen molar-refractivity contribution in [3.63, 3.8) is 0 Å². The summed E-state index contributed by atoms with van der Waals surface area (Å²) in [6.45, 7) is 0.169. The van der Waals surface area contributed by atoms with E-state index in [0.29, 0.717) is 18.3 Å². The SMILES string of the molecule is FC1(F)CCN(c2ccnc(C3CC3)n2)C1. The molecule has 86 valence electrons. The minimum Gasteiger partial charge on any atom is -0.350 e. The lowest BCUT2D eigenvalue weighted by molar-refractivity contribution is 0.0256. The third-order valence-corrected chi connectivity index (χ3v) is 3.10. The van der Waals surface area contributed by atoms with Gasteiger partial charge in [-0.15, -0.1) is 0 Å². The normalized spacial score (nSPS) is 23.8. The van der Waals surface area contributed by atoms with Crippen LogP contribution in [-0.2, 0) is 0 Å². The zero-order valence-corrected chi connectivity index (χ0v) is 8.87. The molecule has 1 saturated heterocycles. The van der Waals surface area contributed by atoms with Gasteiger partial charge in [0.2, 0.25) is 0 Å². The number of halogens is 2. The van der Waals surface area contributed by atoms with E-state index < -0.39 is 5.92 Å². The Bertz CT molecular complexity index is 404. The largest absolute Gasteiger partial charge is 0.350 e. The molecule has 0 aromatic carbocycles. The molecule has 5 heteroatoms. The molecule has 3 nitrogen and oxygen atoms in total. The Labute approximate surface area is 92.5 Å². The average molecular weight is 225 g/mol. The van der Waals surface area contributed by atoms with Gasteiger partial charge in [0.05, 0.1) is 6.54 Å². The second-order valence-electron chi connectivity index (χ2n) is 4.57. The van der Waals surface area contributed by atoms with Gasteiger partial charge in [-0.2, -0.15) is 0 Å². The summed E-state index contributed by atoms with van der Waals surface area (Å²) in [4.78, 5) is 10.2. The van der Waals surface area contributed by atoms with Crippen molar-refractivity contribution in [3.05, 3.63) is 18.1 Å². The van der Waals surface area contributed by atoms with Crippen LogP contribution in [0.3, 0.4) is 0 Å². The molecule has 0 N–H and O–H groups in total. The van der Waals surface area contributed by atoms with E-state index in [4.69, 9.17) is 0 Å². The van der Waals surface area contributed by atoms with Crippen LogP contribution in [0.5, 0.6) is 0 Å². The fraction of sp³-hybridized carbons (Fsp3) is 0.636. The first kappa shape index (κ1) is 9.93. The van der Waals surface area contributed by atoms with Crippen molar-refractivity contribution >= 4 is 5.82 Å². The van der Waals surface area contributed by atoms with Crippen molar-refractivity contribution in [1.29, 1.82) is 0 Å². The lowest BCUT2D eigenvalue weighted by Gasteiger charge is -2.17. The van der Waals surface area contributed by atoms with Crippen LogP contribution in [0.15, 0.2) is 12.3 Å². The van der Waals surface area contributed by atoms with Crippen molar-refractivity contribution in [2.75, 3.05) is 18.0 Å². The molecule has 3 rings (SSSR count). The summed E-state index contributed by atoms with van der Waals surface area (Å²) in [5, 5.41) is 0. The summed E-state index contributed by atoms with van der Waals surface area (Å²) in [5.41, 5.74) is 0. The minimum absolute atomic E-state index is 0.0736. The molecule has 0 spiro atoms. The summed E-state index contributed by atoms with van der Waals surface area (Å²) >= 11 is 0. The molecule has 1 aliphatic heterocycles. The maximum Gasteiger partial charge on any atom is 0.266 e. The van der Waals surface area contributed by atoms with Gasteiger partial charge >= 0.3 is 0 Å². The van der Waals surface area contributed by atoms with E-state index >= 15 is 0 Å². The van der Waals surface area contributed by atoms with Gasteiger partial charge in [0.15, 0.2) is 0 Å². The number of aromatic nitrogens is 2. The number of nitrogens with zero attached hydrogens (tertiary/aromatic N) is 3. The predicted octanol–water partition coefficient (Wildman–Crippen LogP) is 2.20. The molecule has 1 aliphatic carbocycles. The van der Waals surface area contributed by atoms with Crippen molar-refractivity contribution < 1.29 is 8.78 Å². The van der Waals surface area contributed by atoms with Crippen LogP contribution < -0.4 is 4.90 Å². The topological polar surface area (TPSA) is 29.0 Å². The predicted molar refractivity (Wildman–Crippen MR) is 55.8 cm³/mol. The van der Waals surface area contributed by atoms with Crippen LogP contribution in [0.25, 0.3) is 0 Å². The number of rotatable bonds is 2. The van der Waals surface area contributed by atoms with Gasteiger partial charge in [-0.25, -0.2) is 18.7 Å². The highest BCUT2D eigenvalue weighted by atomic mass is 19.3. The van der Waals surface area contributed by atoms with Crippen molar-refractivity contribution in [2.24, 2.45) is 0 Å². The zero-order chi connectivity index (χ0) is 11.2. The molecule has 2 fully saturated rings. The lowest BCUT2D eigenvalue weighted by Crippen LogP contribution is -2.25. The third-order valence-electron chi connectivity index (χ3n) is 3.10. The summed E-state index contributed by atoms with van der Waals surface area (Å²) in [6, 6.07) is 1.72. The lowest BCUT2D eigenvalue weighted by atomic mass is 10.3. The fourth-order valence-corrected chi connectivity index (χ4v) is 2.01. The standard InChI is InChI=1S/C11H13F2N3/c12-11(13)4-6-16(7-11)9-3-5-14-10(15-9)8-1-2-8/h3,5,8H,1-2,4,6-7H2. The smallest absolute Gasteiger partial charge is 0.266 e. The van der Waals surface area contributed by atoms with E-state index in [1.165, 1.54) is 0 Å². The van der Waals surface area contributed by atoms with E-state index in [9.17, 15) is 8.78 Å². The van der Waals surface area contributed by atoms with Gasteiger partial charge in [0.25, 0.3) is 5.92 Å². The molecular weight excluding hydrogens is 212 g/mol. The summed E-state index contributed by atoms with van der Waals surface area (Å²) in [7, 11) is 0. The Morgan fingerprint density at radius 2 is 2.19 bits per heavy atom. The molecule has 2 aliphatic rings. The number of anilines is 1. The second kappa shape index (κ2) is 3.37. The van der Waals surface area contributed by atoms with Gasteiger partial charge in [0.1, 0.15) is 11.6 Å². The van der Waals surface area contributed by atoms with Crippen LogP contribution in [0.4, 0.5) is 14.6 Å². The Kier molecular flexibility index (Phi) is 2.09. The first-order valence-corrected chi connectivity index (χ1v) is 5.60. The molecule has 0 unspecified atom stereocenters. The molecule has 1 saturated carbocycles. The van der Waals surface area contributed by atoms with Crippen LogP contribution in [0.2, 0.25) is 0 Å². The fourth-order valence-electron chi connectivity index (χ4n) is 2.01. The highest BCUT2D eigenvalue weighted by Crippen LogP contribution is 2.38. The van der Waals surface area contributed by atoms with E-state index in [-0.39, 0.29) is 13.0 Å². The molecule has 1 aromatic heterocycles. The van der Waals surface area contributed by atoms with E-state index in [1.54, 1.807) is 17.2 Å². The van der Waals surface area contributed by atoms with Gasteiger partial charge < -0.3 is 4.90 Å². The van der Waals surface area contributed by atoms with Gasteiger partial charge in [-0.1, -0.05) is 0 Å². The molecule has 16 heavy (non-hydrogen) atoms. The molecular formula is C11H13F2N3. The summed E-state index contributed by atoms with van der Waals surface area (Å²) in [5.74, 6) is -0.644. The van der Waals surface area contributed by atoms with E-state index in [1.807, 2.05) is 0 Å². The molecule has 2 heterocycles. The number of hydrogen-bond donors (Lipinski definition) is 0. The highest BCUT2D eigenvalue weighted by Gasteiger charge is 2.39. The monoisotopic (exact) mass is 225 g/mol. The Hall–Kier alpha value is -1.26. The molecule has 0 atom stereocenters. The van der Waals surface area contributed by atoms with Crippen LogP contribution in [-0.4, -0.2) is 29.0 Å². The molecule has 0 radical (unpaired) electrons. The van der Waals surface area contributed by atoms with Gasteiger partial charge in [0, 0.05) is 25.1 Å². The molecule has 0 amide bonds. The van der Waals surface area contributed by atoms with Gasteiger partial charge in [-0.05, 0) is 18.9 Å². The summed E-state index contributed by atoms with van der Waals surface area (Å²) in [6.07, 6.45) is 3.85. The first-order chi connectivity index (χ1) is 7.64. The zero-order valence-electron chi connectivity index (χ0n) is 8.87. The third kappa shape index (κ3) is 1.86. The van der Waals surface area contributed by atoms with E-state index in [2.05, 4.69) is 9.97 Å². The quantitative estimate of drug-likeness (QED) is 0.772. The molecule has 1 aromatic rings. The van der Waals surface area contributed by atoms with Crippen molar-refractivity contribution in [3.8, 4) is 0 Å². The maximum absolute atomic E-state index is 13.1. The Morgan fingerprint density at radius 1 is 1.38 bits per heavy atom. The number of hydrogen-bond acceptors (Lipinski definition) is 3. The summed E-state index contributed by atoms with van der Waals surface area (Å²) < 4.78 is 26.1. The van der Waals surface area contributed by atoms with E-state index in [0.717, 1.165) is 18.7 Å². The molecule has 0 bridgehead atoms. The Balaban J connectivity index is 1.81. The second-order valence-corrected chi connectivity index (χ2v) is 4.57. The first-order valence-electron chi connectivity index (χ1n) is 5.60. The van der Waals surface area contributed by atoms with Crippen molar-refractivity contribution in [2.45, 2.75) is 31.1 Å². The van der Waals surface area contributed by atoms with Crippen molar-refractivity contribution in [1.82, 2.24) is 9.97 Å². The Morgan fingerprint density at radius 3 is 2.81 bits per heavy atom. The highest BCUT2D eigenvalue weighted by molar-refractivity contribution is 5.40.